The number of ether oxygens (including phenoxy) is 1. The number of hydrogen-bond donors (Lipinski definition) is 3. The Kier molecular flexibility index (Phi) is 6.38. The van der Waals surface area contributed by atoms with Gasteiger partial charge in [-0.2, -0.15) is 0 Å². The van der Waals surface area contributed by atoms with Gasteiger partial charge in [-0.3, -0.25) is 19.7 Å². The molecule has 0 aromatic heterocycles. The Morgan fingerprint density at radius 3 is 2.59 bits per heavy atom. The molecule has 32 heavy (non-hydrogen) atoms. The van der Waals surface area contributed by atoms with Gasteiger partial charge in [-0.25, -0.2) is 9.69 Å². The first kappa shape index (κ1) is 22.3. The van der Waals surface area contributed by atoms with Gasteiger partial charge in [-0.15, -0.1) is 0 Å². The maximum Gasteiger partial charge on any atom is 0.329 e. The summed E-state index contributed by atoms with van der Waals surface area (Å²) in [6.45, 7) is 3.16. The Hall–Kier alpha value is -4.41. The van der Waals surface area contributed by atoms with Crippen LogP contribution in [0.1, 0.15) is 18.1 Å². The van der Waals surface area contributed by atoms with Crippen LogP contribution in [0.3, 0.4) is 0 Å². The molecular formula is C21H20N4O7. The van der Waals surface area contributed by atoms with E-state index in [1.807, 2.05) is 6.92 Å². The zero-order chi connectivity index (χ0) is 23.4. The summed E-state index contributed by atoms with van der Waals surface area (Å²) in [5, 5.41) is 26.1. The maximum absolute atomic E-state index is 12.6. The van der Waals surface area contributed by atoms with E-state index in [0.717, 1.165) is 11.6 Å². The van der Waals surface area contributed by atoms with Gasteiger partial charge in [-0.1, -0.05) is 17.7 Å². The molecule has 1 aliphatic rings. The topological polar surface area (TPSA) is 151 Å². The van der Waals surface area contributed by atoms with Crippen molar-refractivity contribution in [2.45, 2.75) is 13.8 Å². The normalized spacial score (nSPS) is 14.4. The van der Waals surface area contributed by atoms with Gasteiger partial charge in [0.25, 0.3) is 5.91 Å². The average molecular weight is 440 g/mol. The Morgan fingerprint density at radius 1 is 1.28 bits per heavy atom. The third-order valence-electron chi connectivity index (χ3n) is 4.48. The molecule has 2 aromatic rings. The Labute approximate surface area is 182 Å². The second kappa shape index (κ2) is 9.16. The number of hydrogen-bond acceptors (Lipinski definition) is 7. The number of anilines is 1. The Balaban J connectivity index is 1.79. The molecule has 0 bridgehead atoms. The summed E-state index contributed by atoms with van der Waals surface area (Å²) in [4.78, 5) is 48.2. The number of benzene rings is 2. The smallest absolute Gasteiger partial charge is 0.329 e. The molecule has 1 heterocycles. The SMILES string of the molecule is CCOc1cc(/C=C2/NC(=O)N(CC(=O)Nc3ccc(C)cc3)C2=O)cc([N+](=O)[O-])c1O. The number of phenols is 1. The summed E-state index contributed by atoms with van der Waals surface area (Å²) in [6, 6.07) is 8.52. The summed E-state index contributed by atoms with van der Waals surface area (Å²) in [6.07, 6.45) is 1.20. The number of carbonyl (C=O) groups is 3. The lowest BCUT2D eigenvalue weighted by Crippen LogP contribution is -2.38. The molecule has 0 radical (unpaired) electrons. The predicted octanol–water partition coefficient (Wildman–Crippen LogP) is 2.54. The second-order valence-corrected chi connectivity index (χ2v) is 6.87. The summed E-state index contributed by atoms with van der Waals surface area (Å²) in [5.74, 6) is -2.13. The monoisotopic (exact) mass is 440 g/mol. The molecule has 0 atom stereocenters. The van der Waals surface area contributed by atoms with Crippen molar-refractivity contribution in [3.8, 4) is 11.5 Å². The van der Waals surface area contributed by atoms with Gasteiger partial charge < -0.3 is 20.5 Å². The maximum atomic E-state index is 12.6. The molecule has 1 saturated heterocycles. The molecule has 3 N–H and O–H groups in total. The molecule has 0 unspecified atom stereocenters. The molecular weight excluding hydrogens is 420 g/mol. The lowest BCUT2D eigenvalue weighted by molar-refractivity contribution is -0.386. The van der Waals surface area contributed by atoms with Crippen LogP contribution in [0.2, 0.25) is 0 Å². The largest absolute Gasteiger partial charge is 0.500 e. The number of rotatable bonds is 7. The molecule has 3 rings (SSSR count). The second-order valence-electron chi connectivity index (χ2n) is 6.87. The number of nitro groups is 1. The van der Waals surface area contributed by atoms with Crippen molar-refractivity contribution in [2.24, 2.45) is 0 Å². The fraction of sp³-hybridized carbons (Fsp3) is 0.190. The van der Waals surface area contributed by atoms with Crippen LogP contribution in [0.5, 0.6) is 11.5 Å². The lowest BCUT2D eigenvalue weighted by Gasteiger charge is -2.12. The van der Waals surface area contributed by atoms with Gasteiger partial charge in [0.15, 0.2) is 5.75 Å². The van der Waals surface area contributed by atoms with Crippen LogP contribution >= 0.6 is 0 Å². The highest BCUT2D eigenvalue weighted by atomic mass is 16.6. The van der Waals surface area contributed by atoms with Gasteiger partial charge in [0.05, 0.1) is 11.5 Å². The van der Waals surface area contributed by atoms with Gasteiger partial charge in [0, 0.05) is 11.8 Å². The molecule has 11 nitrogen and oxygen atoms in total. The fourth-order valence-corrected chi connectivity index (χ4v) is 2.96. The molecule has 11 heteroatoms. The van der Waals surface area contributed by atoms with E-state index in [0.29, 0.717) is 10.6 Å². The van der Waals surface area contributed by atoms with Gasteiger partial charge >= 0.3 is 11.7 Å². The van der Waals surface area contributed by atoms with Crippen molar-refractivity contribution in [2.75, 3.05) is 18.5 Å². The Bertz CT molecular complexity index is 1130. The first-order chi connectivity index (χ1) is 15.2. The molecule has 4 amide bonds. The number of amides is 4. The van der Waals surface area contributed by atoms with Crippen LogP contribution in [0.4, 0.5) is 16.2 Å². The molecule has 166 valence electrons. The molecule has 0 aliphatic carbocycles. The standard InChI is InChI=1S/C21H20N4O7/c1-3-32-17-10-13(9-16(19(17)27)25(30)31)8-15-20(28)24(21(29)23-15)11-18(26)22-14-6-4-12(2)5-7-14/h4-10,27H,3,11H2,1-2H3,(H,22,26)(H,23,29)/b15-8+. The first-order valence-electron chi connectivity index (χ1n) is 9.55. The predicted molar refractivity (Wildman–Crippen MR) is 114 cm³/mol. The summed E-state index contributed by atoms with van der Waals surface area (Å²) < 4.78 is 5.20. The first-order valence-corrected chi connectivity index (χ1v) is 9.55. The third-order valence-corrected chi connectivity index (χ3v) is 4.48. The van der Waals surface area contributed by atoms with Crippen LogP contribution in [0.25, 0.3) is 6.08 Å². The van der Waals surface area contributed by atoms with Crippen molar-refractivity contribution >= 4 is 35.3 Å². The number of phenolic OH excluding ortho intramolecular Hbond substituents is 1. The highest BCUT2D eigenvalue weighted by molar-refractivity contribution is 6.16. The number of nitro benzene ring substituents is 1. The molecule has 2 aromatic carbocycles. The van der Waals surface area contributed by atoms with Gasteiger partial charge in [-0.05, 0) is 43.7 Å². The summed E-state index contributed by atoms with van der Waals surface area (Å²) in [5.41, 5.74) is 0.874. The number of aromatic hydroxyl groups is 1. The van der Waals surface area contributed by atoms with Crippen LogP contribution in [-0.4, -0.2) is 45.9 Å². The minimum Gasteiger partial charge on any atom is -0.500 e. The van der Waals surface area contributed by atoms with Crippen molar-refractivity contribution in [3.05, 3.63) is 63.3 Å². The summed E-state index contributed by atoms with van der Waals surface area (Å²) in [7, 11) is 0. The van der Waals surface area contributed by atoms with E-state index >= 15 is 0 Å². The zero-order valence-electron chi connectivity index (χ0n) is 17.2. The van der Waals surface area contributed by atoms with Crippen molar-refractivity contribution in [1.29, 1.82) is 0 Å². The van der Waals surface area contributed by atoms with E-state index in [2.05, 4.69) is 10.6 Å². The number of nitrogens with one attached hydrogen (secondary N) is 2. The highest BCUT2D eigenvalue weighted by Gasteiger charge is 2.35. The minimum atomic E-state index is -0.807. The highest BCUT2D eigenvalue weighted by Crippen LogP contribution is 2.37. The average Bonchev–Trinajstić information content (AvgIpc) is 2.99. The number of imide groups is 1. The van der Waals surface area contributed by atoms with Crippen molar-refractivity contribution in [3.63, 3.8) is 0 Å². The number of urea groups is 1. The van der Waals surface area contributed by atoms with Crippen LogP contribution in [0.15, 0.2) is 42.1 Å². The van der Waals surface area contributed by atoms with E-state index < -0.39 is 40.8 Å². The van der Waals surface area contributed by atoms with Crippen LogP contribution in [-0.2, 0) is 9.59 Å². The molecule has 1 fully saturated rings. The van der Waals surface area contributed by atoms with Crippen molar-refractivity contribution in [1.82, 2.24) is 10.2 Å². The van der Waals surface area contributed by atoms with E-state index in [1.54, 1.807) is 31.2 Å². The molecule has 0 spiro atoms. The van der Waals surface area contributed by atoms with Crippen LogP contribution < -0.4 is 15.4 Å². The van der Waals surface area contributed by atoms with Gasteiger partial charge in [0.2, 0.25) is 11.7 Å². The number of aryl methyl sites for hydroxylation is 1. The fourth-order valence-electron chi connectivity index (χ4n) is 2.96. The van der Waals surface area contributed by atoms with Crippen molar-refractivity contribution < 1.29 is 29.2 Å². The quantitative estimate of drug-likeness (QED) is 0.259. The zero-order valence-corrected chi connectivity index (χ0v) is 17.2. The number of carbonyl (C=O) groups excluding carboxylic acids is 3. The van der Waals surface area contributed by atoms with E-state index in [1.165, 1.54) is 12.1 Å². The number of nitrogens with zero attached hydrogens (tertiary/aromatic N) is 2. The van der Waals surface area contributed by atoms with Gasteiger partial charge in [0.1, 0.15) is 12.2 Å². The molecule has 0 saturated carbocycles. The third kappa shape index (κ3) is 4.83. The molecule has 1 aliphatic heterocycles. The van der Waals surface area contributed by atoms with Crippen LogP contribution in [0, 0.1) is 17.0 Å². The minimum absolute atomic E-state index is 0.139. The van der Waals surface area contributed by atoms with E-state index in [-0.39, 0.29) is 23.6 Å². The summed E-state index contributed by atoms with van der Waals surface area (Å²) >= 11 is 0. The Morgan fingerprint density at radius 2 is 1.97 bits per heavy atom. The van der Waals surface area contributed by atoms with E-state index in [4.69, 9.17) is 4.74 Å². The van der Waals surface area contributed by atoms with E-state index in [9.17, 15) is 29.6 Å². The lowest BCUT2D eigenvalue weighted by atomic mass is 10.1.